The van der Waals surface area contributed by atoms with Crippen LogP contribution in [0.1, 0.15) is 37.8 Å². The average Bonchev–Trinajstić information content (AvgIpc) is 2.82. The Morgan fingerprint density at radius 3 is 2.66 bits per heavy atom. The third-order valence-corrected chi connectivity index (χ3v) is 6.94. The van der Waals surface area contributed by atoms with Gasteiger partial charge in [0.2, 0.25) is 5.72 Å². The summed E-state index contributed by atoms with van der Waals surface area (Å²) in [6, 6.07) is 13.7. The van der Waals surface area contributed by atoms with Crippen molar-refractivity contribution in [2.45, 2.75) is 37.8 Å². The molecule has 1 unspecified atom stereocenters. The molecular formula is C22H23ClNO4S-. The van der Waals surface area contributed by atoms with E-state index in [1.165, 1.54) is 0 Å². The number of rotatable bonds is 5. The first-order chi connectivity index (χ1) is 13.6. The lowest BCUT2D eigenvalue weighted by atomic mass is 9.76. The first-order valence-electron chi connectivity index (χ1n) is 9.63. The fourth-order valence-electron chi connectivity index (χ4n) is 4.39. The molecule has 2 aromatic rings. The molecular weight excluding hydrogens is 410 g/mol. The summed E-state index contributed by atoms with van der Waals surface area (Å²) in [6.07, 6.45) is 5.01. The molecule has 29 heavy (non-hydrogen) atoms. The predicted molar refractivity (Wildman–Crippen MR) is 114 cm³/mol. The summed E-state index contributed by atoms with van der Waals surface area (Å²) in [5.41, 5.74) is 1.91. The van der Waals surface area contributed by atoms with E-state index in [-0.39, 0.29) is 5.75 Å². The Morgan fingerprint density at radius 2 is 1.90 bits per heavy atom. The van der Waals surface area contributed by atoms with Gasteiger partial charge in [0.15, 0.2) is 0 Å². The van der Waals surface area contributed by atoms with Gasteiger partial charge in [0.25, 0.3) is 0 Å². The number of halogens is 1. The average molecular weight is 433 g/mol. The van der Waals surface area contributed by atoms with E-state index in [0.29, 0.717) is 24.4 Å². The first kappa shape index (κ1) is 20.3. The second-order valence-electron chi connectivity index (χ2n) is 8.08. The monoisotopic (exact) mass is 432 g/mol. The summed E-state index contributed by atoms with van der Waals surface area (Å²) in [6.45, 7) is 4.81. The van der Waals surface area contributed by atoms with Crippen LogP contribution in [0.4, 0.5) is 5.69 Å². The van der Waals surface area contributed by atoms with Crippen molar-refractivity contribution in [3.63, 3.8) is 0 Å². The number of para-hydroxylation sites is 1. The Balaban J connectivity index is 1.74. The van der Waals surface area contributed by atoms with E-state index in [4.69, 9.17) is 16.3 Å². The minimum Gasteiger partial charge on any atom is -0.748 e. The number of ether oxygens (including phenoxy) is 1. The summed E-state index contributed by atoms with van der Waals surface area (Å²) in [7, 11) is -4.21. The van der Waals surface area contributed by atoms with Crippen LogP contribution < -0.4 is 9.64 Å². The number of hydrogen-bond donors (Lipinski definition) is 0. The highest BCUT2D eigenvalue weighted by Crippen LogP contribution is 2.55. The van der Waals surface area contributed by atoms with Gasteiger partial charge in [-0.05, 0) is 68.7 Å². The van der Waals surface area contributed by atoms with E-state index >= 15 is 0 Å². The molecule has 0 aromatic heterocycles. The molecule has 1 spiro atoms. The molecule has 1 atom stereocenters. The number of hydrogen-bond acceptors (Lipinski definition) is 5. The second-order valence-corrected chi connectivity index (χ2v) is 10.0. The van der Waals surface area contributed by atoms with Crippen LogP contribution in [0.25, 0.3) is 6.08 Å². The third kappa shape index (κ3) is 3.43. The van der Waals surface area contributed by atoms with Crippen molar-refractivity contribution in [2.75, 3.05) is 17.2 Å². The lowest BCUT2D eigenvalue weighted by molar-refractivity contribution is 0.0533. The van der Waals surface area contributed by atoms with Gasteiger partial charge in [-0.3, -0.25) is 0 Å². The molecule has 2 aliphatic heterocycles. The molecule has 0 saturated carbocycles. The van der Waals surface area contributed by atoms with Gasteiger partial charge >= 0.3 is 0 Å². The topological polar surface area (TPSA) is 69.7 Å². The summed E-state index contributed by atoms with van der Waals surface area (Å²) in [5, 5.41) is 0.659. The fourth-order valence-corrected chi connectivity index (χ4v) is 5.12. The Bertz CT molecular complexity index is 1080. The number of fused-ring (bicyclic) bond motifs is 2. The molecule has 4 rings (SSSR count). The maximum atomic E-state index is 11.0. The largest absolute Gasteiger partial charge is 0.748 e. The molecule has 154 valence electrons. The van der Waals surface area contributed by atoms with Crippen LogP contribution in [0.15, 0.2) is 48.5 Å². The van der Waals surface area contributed by atoms with Gasteiger partial charge in [-0.2, -0.15) is 0 Å². The van der Waals surface area contributed by atoms with E-state index < -0.39 is 21.3 Å². The van der Waals surface area contributed by atoms with Crippen molar-refractivity contribution in [3.05, 3.63) is 64.7 Å². The molecule has 2 heterocycles. The van der Waals surface area contributed by atoms with Gasteiger partial charge in [-0.15, -0.1) is 0 Å². The Kier molecular flexibility index (Phi) is 4.92. The van der Waals surface area contributed by atoms with E-state index in [2.05, 4.69) is 30.9 Å². The lowest BCUT2D eigenvalue weighted by Crippen LogP contribution is -2.59. The maximum Gasteiger partial charge on any atom is 0.212 e. The van der Waals surface area contributed by atoms with E-state index in [1.54, 1.807) is 0 Å². The maximum absolute atomic E-state index is 11.0. The summed E-state index contributed by atoms with van der Waals surface area (Å²) in [5.74, 6) is 0.443. The standard InChI is InChI=1S/C22H24ClNO4S/c1-21(2)18-15-17(23)9-10-19(18)24(13-5-6-14-29(25,26)27)22(21)12-11-16-7-3-4-8-20(16)28-22/h3-4,7-12,15H,5-6,13-14H2,1-2H3,(H,25,26,27)/p-1. The van der Waals surface area contributed by atoms with E-state index in [1.807, 2.05) is 42.5 Å². The van der Waals surface area contributed by atoms with Crippen molar-refractivity contribution >= 4 is 33.5 Å². The summed E-state index contributed by atoms with van der Waals surface area (Å²) >= 11 is 6.30. The van der Waals surface area contributed by atoms with Crippen LogP contribution in [0, 0.1) is 0 Å². The van der Waals surface area contributed by atoms with Crippen LogP contribution in [0.5, 0.6) is 5.75 Å². The minimum absolute atomic E-state index is 0.308. The van der Waals surface area contributed by atoms with Gasteiger partial charge in [0.1, 0.15) is 5.75 Å². The molecule has 0 aliphatic carbocycles. The van der Waals surface area contributed by atoms with Crippen molar-refractivity contribution in [1.82, 2.24) is 0 Å². The molecule has 0 N–H and O–H groups in total. The molecule has 0 amide bonds. The van der Waals surface area contributed by atoms with Crippen molar-refractivity contribution < 1.29 is 17.7 Å². The molecule has 0 bridgehead atoms. The van der Waals surface area contributed by atoms with E-state index in [0.717, 1.165) is 22.6 Å². The van der Waals surface area contributed by atoms with Crippen molar-refractivity contribution in [3.8, 4) is 5.75 Å². The quantitative estimate of drug-likeness (QED) is 0.511. The zero-order valence-electron chi connectivity index (χ0n) is 16.4. The van der Waals surface area contributed by atoms with Crippen molar-refractivity contribution in [1.29, 1.82) is 0 Å². The molecule has 0 radical (unpaired) electrons. The number of anilines is 1. The zero-order chi connectivity index (χ0) is 20.9. The number of benzene rings is 2. The SMILES string of the molecule is CC1(C)c2cc(Cl)ccc2N(CCCCS(=O)(=O)[O-])C12C=Cc1ccccc1O2. The van der Waals surface area contributed by atoms with Crippen LogP contribution in [0.3, 0.4) is 0 Å². The van der Waals surface area contributed by atoms with Crippen LogP contribution in [-0.2, 0) is 15.5 Å². The van der Waals surface area contributed by atoms with Gasteiger partial charge in [-0.1, -0.05) is 29.8 Å². The predicted octanol–water partition coefficient (Wildman–Crippen LogP) is 4.57. The summed E-state index contributed by atoms with van der Waals surface area (Å²) < 4.78 is 39.6. The second kappa shape index (κ2) is 7.04. The Labute approximate surface area is 176 Å². The summed E-state index contributed by atoms with van der Waals surface area (Å²) in [4.78, 5) is 2.17. The molecule has 2 aliphatic rings. The first-order valence-corrected chi connectivity index (χ1v) is 11.6. The highest BCUT2D eigenvalue weighted by atomic mass is 35.5. The van der Waals surface area contributed by atoms with Crippen LogP contribution in [0.2, 0.25) is 5.02 Å². The molecule has 5 nitrogen and oxygen atoms in total. The zero-order valence-corrected chi connectivity index (χ0v) is 18.0. The number of nitrogens with zero attached hydrogens (tertiary/aromatic N) is 1. The molecule has 7 heteroatoms. The Morgan fingerprint density at radius 1 is 1.14 bits per heavy atom. The van der Waals surface area contributed by atoms with Crippen molar-refractivity contribution in [2.24, 2.45) is 0 Å². The van der Waals surface area contributed by atoms with Gasteiger partial charge < -0.3 is 14.2 Å². The van der Waals surface area contributed by atoms with Gasteiger partial charge in [0.05, 0.1) is 15.5 Å². The van der Waals surface area contributed by atoms with Gasteiger partial charge in [-0.25, -0.2) is 8.42 Å². The van der Waals surface area contributed by atoms with Gasteiger partial charge in [0, 0.05) is 28.6 Å². The molecule has 0 saturated heterocycles. The molecule has 2 aromatic carbocycles. The highest BCUT2D eigenvalue weighted by molar-refractivity contribution is 7.85. The Hall–Kier alpha value is -2.02. The van der Waals surface area contributed by atoms with E-state index in [9.17, 15) is 13.0 Å². The van der Waals surface area contributed by atoms with Crippen LogP contribution >= 0.6 is 11.6 Å². The molecule has 0 fully saturated rings. The normalized spacial score (nSPS) is 21.7. The fraction of sp³-hybridized carbons (Fsp3) is 0.364. The highest BCUT2D eigenvalue weighted by Gasteiger charge is 2.58. The minimum atomic E-state index is -4.21. The third-order valence-electron chi connectivity index (χ3n) is 5.92. The number of unbranched alkanes of at least 4 members (excludes halogenated alkanes) is 1. The lowest BCUT2D eigenvalue weighted by Gasteiger charge is -2.47. The smallest absolute Gasteiger partial charge is 0.212 e. The van der Waals surface area contributed by atoms with Crippen LogP contribution in [-0.4, -0.2) is 31.0 Å².